The fraction of sp³-hybridized carbons (Fsp3) is 0.727. The highest BCUT2D eigenvalue weighted by Gasteiger charge is 2.32. The molecule has 2 fully saturated rings. The van der Waals surface area contributed by atoms with Crippen molar-refractivity contribution >= 4 is 17.5 Å². The van der Waals surface area contributed by atoms with Gasteiger partial charge in [-0.2, -0.15) is 0 Å². The Hall–Kier alpha value is -2.46. The van der Waals surface area contributed by atoms with Crippen molar-refractivity contribution in [3.8, 4) is 0 Å². The topological polar surface area (TPSA) is 85.1 Å². The smallest absolute Gasteiger partial charge is 0.317 e. The van der Waals surface area contributed by atoms with Crippen molar-refractivity contribution in [2.24, 2.45) is 0 Å². The number of urea groups is 1. The molecule has 2 aliphatic rings. The van der Waals surface area contributed by atoms with Crippen molar-refractivity contribution < 1.29 is 4.79 Å². The molecule has 10 heteroatoms. The molecule has 0 radical (unpaired) electrons. The third-order valence-electron chi connectivity index (χ3n) is 7.07. The van der Waals surface area contributed by atoms with Crippen LogP contribution in [0.4, 0.5) is 10.6 Å². The molecule has 0 atom stereocenters. The van der Waals surface area contributed by atoms with Crippen molar-refractivity contribution in [1.29, 1.82) is 0 Å². The monoisotopic (exact) mass is 443 g/mol. The van der Waals surface area contributed by atoms with Crippen LogP contribution in [0.3, 0.4) is 0 Å². The maximum atomic E-state index is 12.9. The predicted octanol–water partition coefficient (Wildman–Crippen LogP) is 1.07. The number of carbonyl (C=O) groups is 1. The van der Waals surface area contributed by atoms with Crippen LogP contribution in [-0.2, 0) is 0 Å². The first kappa shape index (κ1) is 22.7. The Kier molecular flexibility index (Phi) is 6.52. The SMILES string of the molecule is Cc1nnc2c(N3CCN(C(=O)NCC(C)(C)N4CCC(N(C)C)CC4)CC3)nccn12. The van der Waals surface area contributed by atoms with Crippen molar-refractivity contribution in [3.05, 3.63) is 18.2 Å². The predicted molar refractivity (Wildman–Crippen MR) is 125 cm³/mol. The van der Waals surface area contributed by atoms with Crippen molar-refractivity contribution in [3.63, 3.8) is 0 Å². The molecule has 2 saturated heterocycles. The fourth-order valence-corrected chi connectivity index (χ4v) is 4.78. The number of rotatable bonds is 5. The number of anilines is 1. The molecule has 0 aromatic carbocycles. The van der Waals surface area contributed by atoms with E-state index in [4.69, 9.17) is 0 Å². The lowest BCUT2D eigenvalue weighted by Crippen LogP contribution is -2.58. The minimum absolute atomic E-state index is 0.0189. The van der Waals surface area contributed by atoms with Gasteiger partial charge in [0.05, 0.1) is 0 Å². The molecular formula is C22H37N9O. The average Bonchev–Trinajstić information content (AvgIpc) is 3.18. The normalized spacial score (nSPS) is 19.2. The Morgan fingerprint density at radius 3 is 2.47 bits per heavy atom. The van der Waals surface area contributed by atoms with Gasteiger partial charge in [0.25, 0.3) is 0 Å². The van der Waals surface area contributed by atoms with E-state index in [1.54, 1.807) is 6.20 Å². The first-order valence-corrected chi connectivity index (χ1v) is 11.6. The highest BCUT2D eigenvalue weighted by atomic mass is 16.2. The molecule has 2 aromatic heterocycles. The maximum absolute atomic E-state index is 12.9. The molecule has 2 amide bonds. The summed E-state index contributed by atoms with van der Waals surface area (Å²) in [6, 6.07) is 0.681. The molecule has 10 nitrogen and oxygen atoms in total. The van der Waals surface area contributed by atoms with Gasteiger partial charge in [-0.25, -0.2) is 9.78 Å². The number of piperazine rings is 1. The van der Waals surface area contributed by atoms with E-state index in [1.165, 1.54) is 12.8 Å². The van der Waals surface area contributed by atoms with Crippen LogP contribution < -0.4 is 10.2 Å². The molecule has 4 heterocycles. The largest absolute Gasteiger partial charge is 0.350 e. The number of hydrogen-bond acceptors (Lipinski definition) is 7. The van der Waals surface area contributed by atoms with Crippen LogP contribution in [0.1, 0.15) is 32.5 Å². The number of carbonyl (C=O) groups excluding carboxylic acids is 1. The molecule has 1 N–H and O–H groups in total. The Balaban J connectivity index is 1.27. The average molecular weight is 444 g/mol. The molecule has 0 spiro atoms. The summed E-state index contributed by atoms with van der Waals surface area (Å²) in [5.74, 6) is 1.67. The Morgan fingerprint density at radius 2 is 1.81 bits per heavy atom. The van der Waals surface area contributed by atoms with Crippen LogP contribution >= 0.6 is 0 Å². The second-order valence-corrected chi connectivity index (χ2v) is 9.82. The van der Waals surface area contributed by atoms with Gasteiger partial charge in [-0.3, -0.25) is 9.30 Å². The first-order valence-electron chi connectivity index (χ1n) is 11.6. The molecule has 2 aliphatic heterocycles. The summed E-state index contributed by atoms with van der Waals surface area (Å²) in [5, 5.41) is 11.6. The Morgan fingerprint density at radius 1 is 1.12 bits per heavy atom. The zero-order valence-corrected chi connectivity index (χ0v) is 20.1. The highest BCUT2D eigenvalue weighted by Crippen LogP contribution is 2.23. The zero-order valence-electron chi connectivity index (χ0n) is 20.1. The second kappa shape index (κ2) is 9.19. The van der Waals surface area contributed by atoms with Crippen LogP contribution in [0.15, 0.2) is 12.4 Å². The summed E-state index contributed by atoms with van der Waals surface area (Å²) in [6.07, 6.45) is 6.02. The maximum Gasteiger partial charge on any atom is 0.317 e. The minimum atomic E-state index is -0.0557. The van der Waals surface area contributed by atoms with Crippen LogP contribution in [0.2, 0.25) is 0 Å². The molecule has 0 unspecified atom stereocenters. The van der Waals surface area contributed by atoms with E-state index in [0.29, 0.717) is 25.7 Å². The number of piperidine rings is 1. The van der Waals surface area contributed by atoms with Gasteiger partial charge in [0.15, 0.2) is 5.82 Å². The van der Waals surface area contributed by atoms with E-state index < -0.39 is 0 Å². The van der Waals surface area contributed by atoms with Gasteiger partial charge in [0, 0.05) is 69.8 Å². The molecule has 0 bridgehead atoms. The van der Waals surface area contributed by atoms with Gasteiger partial charge in [-0.05, 0) is 47.7 Å². The summed E-state index contributed by atoms with van der Waals surface area (Å²) >= 11 is 0. The van der Waals surface area contributed by atoms with E-state index in [0.717, 1.165) is 43.5 Å². The van der Waals surface area contributed by atoms with E-state index in [2.05, 4.69) is 63.1 Å². The lowest BCUT2D eigenvalue weighted by molar-refractivity contribution is 0.0620. The number of fused-ring (bicyclic) bond motifs is 1. The molecule has 2 aromatic rings. The summed E-state index contributed by atoms with van der Waals surface area (Å²) in [7, 11) is 4.32. The summed E-state index contributed by atoms with van der Waals surface area (Å²) in [5.41, 5.74) is 0.711. The van der Waals surface area contributed by atoms with Gasteiger partial charge in [0.2, 0.25) is 5.65 Å². The van der Waals surface area contributed by atoms with Crippen LogP contribution in [-0.4, -0.2) is 112 Å². The van der Waals surface area contributed by atoms with Crippen molar-refractivity contribution in [2.75, 3.05) is 64.8 Å². The van der Waals surface area contributed by atoms with Gasteiger partial charge in [-0.1, -0.05) is 0 Å². The molecule has 4 rings (SSSR count). The lowest BCUT2D eigenvalue weighted by Gasteiger charge is -2.44. The van der Waals surface area contributed by atoms with E-state index in [9.17, 15) is 4.79 Å². The minimum Gasteiger partial charge on any atom is -0.350 e. The van der Waals surface area contributed by atoms with Gasteiger partial charge < -0.3 is 20.0 Å². The number of aryl methyl sites for hydroxylation is 1. The third kappa shape index (κ3) is 4.66. The number of nitrogens with one attached hydrogen (secondary N) is 1. The molecule has 32 heavy (non-hydrogen) atoms. The zero-order chi connectivity index (χ0) is 22.9. The van der Waals surface area contributed by atoms with E-state index in [-0.39, 0.29) is 11.6 Å². The Bertz CT molecular complexity index is 925. The van der Waals surface area contributed by atoms with E-state index in [1.807, 2.05) is 22.4 Å². The Labute approximate surface area is 190 Å². The van der Waals surface area contributed by atoms with Crippen molar-refractivity contribution in [2.45, 2.75) is 45.2 Å². The van der Waals surface area contributed by atoms with Crippen molar-refractivity contribution in [1.82, 2.24) is 39.6 Å². The number of likely N-dealkylation sites (tertiary alicyclic amines) is 1. The summed E-state index contributed by atoms with van der Waals surface area (Å²) < 4.78 is 1.95. The third-order valence-corrected chi connectivity index (χ3v) is 7.07. The van der Waals surface area contributed by atoms with Crippen LogP contribution in [0.5, 0.6) is 0 Å². The molecule has 0 aliphatic carbocycles. The summed E-state index contributed by atoms with van der Waals surface area (Å²) in [4.78, 5) is 26.3. The number of aromatic nitrogens is 4. The standard InChI is InChI=1S/C22H37N9O/c1-17-25-26-20-19(23-8-11-31(17)20)28-12-14-29(15-13-28)21(32)24-16-22(2,3)30-9-6-18(7-10-30)27(4)5/h8,11,18H,6-7,9-10,12-16H2,1-5H3,(H,24,32). The van der Waals surface area contributed by atoms with Crippen LogP contribution in [0.25, 0.3) is 5.65 Å². The number of amides is 2. The van der Waals surface area contributed by atoms with Crippen LogP contribution in [0, 0.1) is 6.92 Å². The number of nitrogens with zero attached hydrogens (tertiary/aromatic N) is 8. The summed E-state index contributed by atoms with van der Waals surface area (Å²) in [6.45, 7) is 12.0. The van der Waals surface area contributed by atoms with Gasteiger partial charge in [0.1, 0.15) is 5.82 Å². The highest BCUT2D eigenvalue weighted by molar-refractivity contribution is 5.75. The second-order valence-electron chi connectivity index (χ2n) is 9.82. The number of hydrogen-bond donors (Lipinski definition) is 1. The van der Waals surface area contributed by atoms with Gasteiger partial charge >= 0.3 is 6.03 Å². The van der Waals surface area contributed by atoms with E-state index >= 15 is 0 Å². The quantitative estimate of drug-likeness (QED) is 0.740. The molecule has 176 valence electrons. The first-order chi connectivity index (χ1) is 15.3. The lowest BCUT2D eigenvalue weighted by atomic mass is 9.96. The molecule has 0 saturated carbocycles. The molecular weight excluding hydrogens is 406 g/mol. The fourth-order valence-electron chi connectivity index (χ4n) is 4.78. The van der Waals surface area contributed by atoms with Gasteiger partial charge in [-0.15, -0.1) is 10.2 Å².